The van der Waals surface area contributed by atoms with E-state index in [0.29, 0.717) is 0 Å². The zero-order chi connectivity index (χ0) is 23.2. The van der Waals surface area contributed by atoms with Crippen LogP contribution in [0.25, 0.3) is 0 Å². The normalized spacial score (nSPS) is 17.6. The largest absolute Gasteiger partial charge is 0.305 e. The number of pyridine rings is 1. The van der Waals surface area contributed by atoms with Crippen LogP contribution in [0.2, 0.25) is 0 Å². The maximum absolute atomic E-state index is 8.87. The molecule has 0 atom stereocenters. The molecule has 1 saturated carbocycles. The Balaban J connectivity index is 1.30. The quantitative estimate of drug-likeness (QED) is 0.440. The van der Waals surface area contributed by atoms with Gasteiger partial charge < -0.3 is 10.3 Å². The molecule has 178 valence electrons. The Morgan fingerprint density at radius 3 is 2.45 bits per heavy atom. The lowest BCUT2D eigenvalue weighted by molar-refractivity contribution is 0.172. The van der Waals surface area contributed by atoms with Gasteiger partial charge in [-0.3, -0.25) is 9.88 Å². The van der Waals surface area contributed by atoms with Gasteiger partial charge in [-0.25, -0.2) is 0 Å². The molecule has 1 aliphatic heterocycles. The fourth-order valence-electron chi connectivity index (χ4n) is 5.31. The van der Waals surface area contributed by atoms with Gasteiger partial charge in [0.25, 0.3) is 0 Å². The fraction of sp³-hybridized carbons (Fsp3) is 0.586. The van der Waals surface area contributed by atoms with Crippen molar-refractivity contribution in [3.05, 3.63) is 64.5 Å². The molecule has 2 aliphatic rings. The van der Waals surface area contributed by atoms with E-state index in [1.165, 1.54) is 66.5 Å². The molecule has 1 N–H and O–H groups in total. The lowest BCUT2D eigenvalue weighted by atomic mass is 9.87. The summed E-state index contributed by atoms with van der Waals surface area (Å²) in [6, 6.07) is 10.8. The van der Waals surface area contributed by atoms with Gasteiger partial charge in [0.05, 0.1) is 5.69 Å². The minimum atomic E-state index is 0.740. The summed E-state index contributed by atoms with van der Waals surface area (Å²) in [5, 5.41) is 8.87. The number of hydrogen-bond donors (Lipinski definition) is 1. The average molecular weight is 447 g/mol. The molecule has 2 heterocycles. The monoisotopic (exact) mass is 446 g/mol. The molecule has 33 heavy (non-hydrogen) atoms. The summed E-state index contributed by atoms with van der Waals surface area (Å²) in [6.07, 6.45) is 11.8. The minimum absolute atomic E-state index is 0.740. The van der Waals surface area contributed by atoms with Crippen molar-refractivity contribution in [2.45, 2.75) is 71.4 Å². The van der Waals surface area contributed by atoms with Crippen molar-refractivity contribution in [1.29, 1.82) is 5.41 Å². The second-order valence-electron chi connectivity index (χ2n) is 10.7. The summed E-state index contributed by atoms with van der Waals surface area (Å²) in [6.45, 7) is 6.48. The molecular weight excluding hydrogens is 404 g/mol. The second-order valence-corrected chi connectivity index (χ2v) is 10.7. The number of benzene rings is 1. The molecule has 4 nitrogen and oxygen atoms in total. The first-order valence-electron chi connectivity index (χ1n) is 13.0. The Morgan fingerprint density at radius 1 is 1.03 bits per heavy atom. The molecule has 2 aromatic rings. The van der Waals surface area contributed by atoms with Crippen LogP contribution in [0.1, 0.15) is 72.9 Å². The standard InChI is InChI=1S/C29H42N4/c1-22-27(13-12-25(11-9-23-7-8-23)28(22)21-32(2)3)29(30)14-10-24-15-18-33(19-16-24)20-26-6-4-5-17-31-26/h4-6,12-13,17,23-24,30H,7-11,14-16,18-21H2,1-3H3. The van der Waals surface area contributed by atoms with E-state index in [4.69, 9.17) is 5.41 Å². The minimum Gasteiger partial charge on any atom is -0.305 e. The molecule has 1 aromatic carbocycles. The molecule has 0 spiro atoms. The van der Waals surface area contributed by atoms with Crippen LogP contribution in [0.5, 0.6) is 0 Å². The van der Waals surface area contributed by atoms with Crippen LogP contribution < -0.4 is 0 Å². The Bertz CT molecular complexity index is 909. The van der Waals surface area contributed by atoms with Crippen molar-refractivity contribution in [2.75, 3.05) is 27.2 Å². The summed E-state index contributed by atoms with van der Waals surface area (Å²) < 4.78 is 0. The number of aromatic nitrogens is 1. The zero-order valence-corrected chi connectivity index (χ0v) is 20.9. The van der Waals surface area contributed by atoms with Crippen LogP contribution in [0.3, 0.4) is 0 Å². The van der Waals surface area contributed by atoms with Gasteiger partial charge in [0.15, 0.2) is 0 Å². The number of nitrogens with one attached hydrogen (secondary N) is 1. The number of nitrogens with zero attached hydrogens (tertiary/aromatic N) is 3. The molecule has 2 fully saturated rings. The van der Waals surface area contributed by atoms with Crippen molar-refractivity contribution in [3.63, 3.8) is 0 Å². The molecular formula is C29H42N4. The predicted molar refractivity (Wildman–Crippen MR) is 138 cm³/mol. The summed E-state index contributed by atoms with van der Waals surface area (Å²) in [7, 11) is 4.31. The van der Waals surface area contributed by atoms with E-state index < -0.39 is 0 Å². The Kier molecular flexibility index (Phi) is 8.32. The van der Waals surface area contributed by atoms with E-state index in [9.17, 15) is 0 Å². The van der Waals surface area contributed by atoms with Crippen LogP contribution in [0.15, 0.2) is 36.5 Å². The first-order valence-corrected chi connectivity index (χ1v) is 13.0. The molecule has 1 saturated heterocycles. The third-order valence-corrected chi connectivity index (χ3v) is 7.64. The number of rotatable bonds is 11. The number of aryl methyl sites for hydroxylation is 1. The second kappa shape index (κ2) is 11.4. The maximum atomic E-state index is 8.87. The summed E-state index contributed by atoms with van der Waals surface area (Å²) in [4.78, 5) is 9.28. The topological polar surface area (TPSA) is 43.2 Å². The van der Waals surface area contributed by atoms with Crippen LogP contribution in [-0.4, -0.2) is 47.7 Å². The number of hydrogen-bond acceptors (Lipinski definition) is 4. The van der Waals surface area contributed by atoms with Crippen LogP contribution >= 0.6 is 0 Å². The van der Waals surface area contributed by atoms with Crippen LogP contribution in [-0.2, 0) is 19.5 Å². The Labute approximate surface area is 200 Å². The lowest BCUT2D eigenvalue weighted by Crippen LogP contribution is -2.33. The molecule has 4 heteroatoms. The van der Waals surface area contributed by atoms with Crippen molar-refractivity contribution >= 4 is 5.71 Å². The number of piperidine rings is 1. The summed E-state index contributed by atoms with van der Waals surface area (Å²) in [5.41, 5.74) is 7.48. The smallest absolute Gasteiger partial charge is 0.0543 e. The zero-order valence-electron chi connectivity index (χ0n) is 20.9. The van der Waals surface area contributed by atoms with E-state index in [2.05, 4.69) is 60.1 Å². The molecule has 0 amide bonds. The Hall–Kier alpha value is -2.04. The fourth-order valence-corrected chi connectivity index (χ4v) is 5.31. The van der Waals surface area contributed by atoms with E-state index >= 15 is 0 Å². The Morgan fingerprint density at radius 2 is 1.79 bits per heavy atom. The predicted octanol–water partition coefficient (Wildman–Crippen LogP) is 5.85. The number of likely N-dealkylation sites (tertiary alicyclic amines) is 1. The van der Waals surface area contributed by atoms with Gasteiger partial charge in [-0.05, 0) is 119 Å². The lowest BCUT2D eigenvalue weighted by Gasteiger charge is -2.31. The average Bonchev–Trinajstić information content (AvgIpc) is 3.64. The molecule has 1 aliphatic carbocycles. The first kappa shape index (κ1) is 24.1. The van der Waals surface area contributed by atoms with Gasteiger partial charge in [0.2, 0.25) is 0 Å². The van der Waals surface area contributed by atoms with Crippen LogP contribution in [0, 0.1) is 24.2 Å². The van der Waals surface area contributed by atoms with Crippen molar-refractivity contribution in [1.82, 2.24) is 14.8 Å². The van der Waals surface area contributed by atoms with E-state index in [1.54, 1.807) is 0 Å². The highest BCUT2D eigenvalue weighted by Crippen LogP contribution is 2.34. The van der Waals surface area contributed by atoms with Crippen LogP contribution in [0.4, 0.5) is 0 Å². The summed E-state index contributed by atoms with van der Waals surface area (Å²) >= 11 is 0. The molecule has 0 bridgehead atoms. The summed E-state index contributed by atoms with van der Waals surface area (Å²) in [5.74, 6) is 1.70. The van der Waals surface area contributed by atoms with Gasteiger partial charge >= 0.3 is 0 Å². The molecule has 1 aromatic heterocycles. The van der Waals surface area contributed by atoms with Gasteiger partial charge in [-0.2, -0.15) is 0 Å². The maximum Gasteiger partial charge on any atom is 0.0543 e. The van der Waals surface area contributed by atoms with Gasteiger partial charge in [0, 0.05) is 25.0 Å². The third kappa shape index (κ3) is 6.97. The van der Waals surface area contributed by atoms with Crippen molar-refractivity contribution in [3.8, 4) is 0 Å². The van der Waals surface area contributed by atoms with Gasteiger partial charge in [-0.1, -0.05) is 31.0 Å². The SMILES string of the molecule is Cc1c(C(=N)CCC2CCN(Cc3ccccn3)CC2)ccc(CCC2CC2)c1CN(C)C. The highest BCUT2D eigenvalue weighted by molar-refractivity contribution is 5.99. The van der Waals surface area contributed by atoms with Gasteiger partial charge in [0.1, 0.15) is 0 Å². The van der Waals surface area contributed by atoms with Crippen molar-refractivity contribution in [2.24, 2.45) is 11.8 Å². The highest BCUT2D eigenvalue weighted by Gasteiger charge is 2.23. The highest BCUT2D eigenvalue weighted by atomic mass is 15.1. The van der Waals surface area contributed by atoms with Crippen molar-refractivity contribution < 1.29 is 0 Å². The van der Waals surface area contributed by atoms with E-state index in [1.807, 2.05) is 12.3 Å². The molecule has 4 rings (SSSR count). The third-order valence-electron chi connectivity index (χ3n) is 7.64. The van der Waals surface area contributed by atoms with E-state index in [-0.39, 0.29) is 0 Å². The van der Waals surface area contributed by atoms with Gasteiger partial charge in [-0.15, -0.1) is 0 Å². The molecule has 0 unspecified atom stereocenters. The first-order chi connectivity index (χ1) is 16.0. The van der Waals surface area contributed by atoms with E-state index in [0.717, 1.165) is 56.6 Å². The molecule has 0 radical (unpaired) electrons.